The summed E-state index contributed by atoms with van der Waals surface area (Å²) >= 11 is 1.58. The topological polar surface area (TPSA) is 49.4 Å². The molecule has 1 heterocycles. The molecule has 1 N–H and O–H groups in total. The summed E-state index contributed by atoms with van der Waals surface area (Å²) in [6, 6.07) is 23.0. The van der Waals surface area contributed by atoms with Gasteiger partial charge in [0.05, 0.1) is 11.4 Å². The van der Waals surface area contributed by atoms with Crippen LogP contribution in [-0.4, -0.2) is 22.5 Å². The van der Waals surface area contributed by atoms with Crippen LogP contribution in [0.25, 0.3) is 0 Å². The maximum absolute atomic E-state index is 13.7. The maximum atomic E-state index is 13.7. The molecule has 29 heavy (non-hydrogen) atoms. The minimum Gasteiger partial charge on any atom is -0.322 e. The molecule has 0 aromatic heterocycles. The van der Waals surface area contributed by atoms with Gasteiger partial charge in [-0.05, 0) is 35.4 Å². The van der Waals surface area contributed by atoms with E-state index in [1.807, 2.05) is 47.4 Å². The van der Waals surface area contributed by atoms with Crippen molar-refractivity contribution in [3.63, 3.8) is 0 Å². The van der Waals surface area contributed by atoms with Crippen molar-refractivity contribution < 1.29 is 14.0 Å². The molecule has 0 radical (unpaired) electrons. The fourth-order valence-corrected chi connectivity index (χ4v) is 4.43. The van der Waals surface area contributed by atoms with E-state index in [0.29, 0.717) is 17.9 Å². The van der Waals surface area contributed by atoms with Crippen molar-refractivity contribution in [2.75, 3.05) is 11.1 Å². The zero-order valence-electron chi connectivity index (χ0n) is 15.5. The van der Waals surface area contributed by atoms with Gasteiger partial charge < -0.3 is 10.2 Å². The van der Waals surface area contributed by atoms with E-state index in [1.165, 1.54) is 12.1 Å². The van der Waals surface area contributed by atoms with Crippen LogP contribution >= 0.6 is 11.8 Å². The van der Waals surface area contributed by atoms with E-state index in [0.717, 1.165) is 11.1 Å². The molecule has 0 unspecified atom stereocenters. The Bertz CT molecular complexity index is 1020. The van der Waals surface area contributed by atoms with Crippen molar-refractivity contribution in [2.45, 2.75) is 11.9 Å². The Morgan fingerprint density at radius 1 is 1.00 bits per heavy atom. The third-order valence-electron chi connectivity index (χ3n) is 4.74. The largest absolute Gasteiger partial charge is 0.322 e. The van der Waals surface area contributed by atoms with Crippen molar-refractivity contribution in [2.24, 2.45) is 0 Å². The Morgan fingerprint density at radius 3 is 2.41 bits per heavy atom. The number of carbonyl (C=O) groups is 2. The Morgan fingerprint density at radius 2 is 1.69 bits per heavy atom. The molecule has 0 aliphatic carbocycles. The van der Waals surface area contributed by atoms with Crippen molar-refractivity contribution in [3.05, 3.63) is 101 Å². The second-order valence-electron chi connectivity index (χ2n) is 6.73. The molecule has 1 saturated heterocycles. The number of nitrogens with one attached hydrogen (secondary N) is 1. The number of carbonyl (C=O) groups excluding carboxylic acids is 2. The zero-order chi connectivity index (χ0) is 20.2. The van der Waals surface area contributed by atoms with Crippen LogP contribution in [-0.2, 0) is 11.3 Å². The molecule has 1 aliphatic heterocycles. The molecule has 4 nitrogen and oxygen atoms in total. The SMILES string of the molecule is O=C(Nc1ccccc1F)c1ccc([C@@H]2SCC(=O)N2Cc2ccccc2)cc1. The number of para-hydroxylation sites is 1. The summed E-state index contributed by atoms with van der Waals surface area (Å²) in [5, 5.41) is 2.49. The summed E-state index contributed by atoms with van der Waals surface area (Å²) in [7, 11) is 0. The highest BCUT2D eigenvalue weighted by molar-refractivity contribution is 8.00. The predicted octanol–water partition coefficient (Wildman–Crippen LogP) is 4.85. The zero-order valence-corrected chi connectivity index (χ0v) is 16.4. The molecule has 2 amide bonds. The Labute approximate surface area is 172 Å². The molecular weight excluding hydrogens is 387 g/mol. The third-order valence-corrected chi connectivity index (χ3v) is 6.00. The molecule has 4 rings (SSSR count). The summed E-state index contributed by atoms with van der Waals surface area (Å²) in [6.07, 6.45) is 0. The van der Waals surface area contributed by atoms with Gasteiger partial charge in [-0.1, -0.05) is 54.6 Å². The van der Waals surface area contributed by atoms with Gasteiger partial charge in [-0.3, -0.25) is 9.59 Å². The number of thioether (sulfide) groups is 1. The lowest BCUT2D eigenvalue weighted by Crippen LogP contribution is -2.27. The molecular formula is C23H19FN2O2S. The third kappa shape index (κ3) is 4.32. The van der Waals surface area contributed by atoms with Crippen molar-refractivity contribution in [3.8, 4) is 0 Å². The van der Waals surface area contributed by atoms with Gasteiger partial charge in [0, 0.05) is 12.1 Å². The van der Waals surface area contributed by atoms with E-state index in [4.69, 9.17) is 0 Å². The van der Waals surface area contributed by atoms with Gasteiger partial charge in [0.25, 0.3) is 5.91 Å². The van der Waals surface area contributed by atoms with Crippen LogP contribution in [0.3, 0.4) is 0 Å². The lowest BCUT2D eigenvalue weighted by atomic mass is 10.1. The second-order valence-corrected chi connectivity index (χ2v) is 7.80. The van der Waals surface area contributed by atoms with Gasteiger partial charge in [-0.15, -0.1) is 11.8 Å². The molecule has 6 heteroatoms. The lowest BCUT2D eigenvalue weighted by molar-refractivity contribution is -0.128. The van der Waals surface area contributed by atoms with Gasteiger partial charge in [-0.2, -0.15) is 0 Å². The average Bonchev–Trinajstić information content (AvgIpc) is 3.11. The lowest BCUT2D eigenvalue weighted by Gasteiger charge is -2.24. The highest BCUT2D eigenvalue weighted by Gasteiger charge is 2.32. The first-order valence-corrected chi connectivity index (χ1v) is 10.3. The summed E-state index contributed by atoms with van der Waals surface area (Å²) < 4.78 is 13.7. The monoisotopic (exact) mass is 406 g/mol. The molecule has 1 atom stereocenters. The normalized spacial score (nSPS) is 16.1. The first-order chi connectivity index (χ1) is 14.1. The van der Waals surface area contributed by atoms with Gasteiger partial charge in [0.1, 0.15) is 11.2 Å². The number of rotatable bonds is 5. The summed E-state index contributed by atoms with van der Waals surface area (Å²) in [4.78, 5) is 26.6. The van der Waals surface area contributed by atoms with E-state index in [9.17, 15) is 14.0 Å². The van der Waals surface area contributed by atoms with Gasteiger partial charge >= 0.3 is 0 Å². The molecule has 0 spiro atoms. The molecule has 0 bridgehead atoms. The Balaban J connectivity index is 1.48. The Kier molecular flexibility index (Phi) is 5.62. The maximum Gasteiger partial charge on any atom is 0.255 e. The fourth-order valence-electron chi connectivity index (χ4n) is 3.24. The van der Waals surface area contributed by atoms with Crippen LogP contribution in [0.4, 0.5) is 10.1 Å². The number of hydrogen-bond donors (Lipinski definition) is 1. The minimum absolute atomic E-state index is 0.0913. The van der Waals surface area contributed by atoms with Crippen LogP contribution in [0.5, 0.6) is 0 Å². The van der Waals surface area contributed by atoms with Gasteiger partial charge in [-0.25, -0.2) is 4.39 Å². The van der Waals surface area contributed by atoms with E-state index < -0.39 is 5.82 Å². The van der Waals surface area contributed by atoms with Crippen LogP contribution < -0.4 is 5.32 Å². The van der Waals surface area contributed by atoms with Gasteiger partial charge in [0.2, 0.25) is 5.91 Å². The fraction of sp³-hybridized carbons (Fsp3) is 0.130. The average molecular weight is 406 g/mol. The molecule has 0 saturated carbocycles. The van der Waals surface area contributed by atoms with Crippen molar-refractivity contribution in [1.29, 1.82) is 0 Å². The van der Waals surface area contributed by atoms with E-state index in [-0.39, 0.29) is 22.9 Å². The summed E-state index contributed by atoms with van der Waals surface area (Å²) in [5.74, 6) is -0.314. The molecule has 3 aromatic rings. The van der Waals surface area contributed by atoms with Crippen LogP contribution in [0.1, 0.15) is 26.9 Å². The molecule has 1 aliphatic rings. The minimum atomic E-state index is -0.477. The number of nitrogens with zero attached hydrogens (tertiary/aromatic N) is 1. The van der Waals surface area contributed by atoms with Crippen LogP contribution in [0.15, 0.2) is 78.9 Å². The molecule has 3 aromatic carbocycles. The Hall–Kier alpha value is -3.12. The first kappa shape index (κ1) is 19.2. The van der Waals surface area contributed by atoms with E-state index >= 15 is 0 Å². The first-order valence-electron chi connectivity index (χ1n) is 9.22. The molecule has 1 fully saturated rings. The number of amides is 2. The predicted molar refractivity (Wildman–Crippen MR) is 113 cm³/mol. The second kappa shape index (κ2) is 8.49. The highest BCUT2D eigenvalue weighted by Crippen LogP contribution is 2.39. The quantitative estimate of drug-likeness (QED) is 0.659. The van der Waals surface area contributed by atoms with Crippen molar-refractivity contribution >= 4 is 29.3 Å². The van der Waals surface area contributed by atoms with Crippen LogP contribution in [0, 0.1) is 5.82 Å². The van der Waals surface area contributed by atoms with E-state index in [2.05, 4.69) is 5.32 Å². The molecule has 146 valence electrons. The number of hydrogen-bond acceptors (Lipinski definition) is 3. The van der Waals surface area contributed by atoms with Gasteiger partial charge in [0.15, 0.2) is 0 Å². The smallest absolute Gasteiger partial charge is 0.255 e. The van der Waals surface area contributed by atoms with Crippen LogP contribution in [0.2, 0.25) is 0 Å². The van der Waals surface area contributed by atoms with E-state index in [1.54, 1.807) is 36.0 Å². The number of halogens is 1. The highest BCUT2D eigenvalue weighted by atomic mass is 32.2. The summed E-state index contributed by atoms with van der Waals surface area (Å²) in [6.45, 7) is 0.548. The summed E-state index contributed by atoms with van der Waals surface area (Å²) in [5.41, 5.74) is 2.61. The van der Waals surface area contributed by atoms with Crippen molar-refractivity contribution in [1.82, 2.24) is 4.90 Å². The number of benzene rings is 3. The number of anilines is 1. The standard InChI is InChI=1S/C23H19FN2O2S/c24-19-8-4-5-9-20(19)25-22(28)17-10-12-18(13-11-17)23-26(21(27)15-29-23)14-16-6-2-1-3-7-16/h1-13,23H,14-15H2,(H,25,28)/t23-/m0/s1.